The lowest BCUT2D eigenvalue weighted by Crippen LogP contribution is -2.24. The Morgan fingerprint density at radius 2 is 2.00 bits per heavy atom. The van der Waals surface area contributed by atoms with Crippen molar-refractivity contribution in [2.24, 2.45) is 0 Å². The summed E-state index contributed by atoms with van der Waals surface area (Å²) >= 11 is 0. The maximum atomic E-state index is 13.3. The van der Waals surface area contributed by atoms with E-state index in [1.165, 1.54) is 13.0 Å². The molecule has 0 aliphatic heterocycles. The van der Waals surface area contributed by atoms with Crippen LogP contribution >= 0.6 is 0 Å². The van der Waals surface area contributed by atoms with E-state index in [0.29, 0.717) is 5.56 Å². The van der Waals surface area contributed by atoms with Crippen LogP contribution in [0.4, 0.5) is 17.6 Å². The zero-order chi connectivity index (χ0) is 13.2. The summed E-state index contributed by atoms with van der Waals surface area (Å²) in [4.78, 5) is 10.4. The molecule has 0 fully saturated rings. The molecule has 0 radical (unpaired) electrons. The van der Waals surface area contributed by atoms with Crippen LogP contribution in [0.15, 0.2) is 18.2 Å². The number of aryl methyl sites for hydroxylation is 1. The second-order valence-corrected chi connectivity index (χ2v) is 3.72. The molecule has 1 rings (SSSR count). The lowest BCUT2D eigenvalue weighted by Gasteiger charge is -2.19. The zero-order valence-electron chi connectivity index (χ0n) is 8.88. The third-order valence-corrected chi connectivity index (χ3v) is 2.30. The maximum absolute atomic E-state index is 13.3. The van der Waals surface area contributed by atoms with Crippen LogP contribution in [0, 0.1) is 12.7 Å². The van der Waals surface area contributed by atoms with Crippen LogP contribution in [-0.4, -0.2) is 17.3 Å². The molecule has 2 nitrogen and oxygen atoms in total. The van der Waals surface area contributed by atoms with Crippen LogP contribution in [0.3, 0.4) is 0 Å². The van der Waals surface area contributed by atoms with Gasteiger partial charge in [-0.2, -0.15) is 13.2 Å². The summed E-state index contributed by atoms with van der Waals surface area (Å²) < 4.78 is 51.3. The predicted molar refractivity (Wildman–Crippen MR) is 52.2 cm³/mol. The summed E-state index contributed by atoms with van der Waals surface area (Å²) in [6.07, 6.45) is -5.96. The second-order valence-electron chi connectivity index (χ2n) is 3.72. The van der Waals surface area contributed by atoms with E-state index in [1.54, 1.807) is 0 Å². The predicted octanol–water partition coefficient (Wildman–Crippen LogP) is 3.25. The van der Waals surface area contributed by atoms with E-state index in [1.807, 2.05) is 0 Å². The van der Waals surface area contributed by atoms with Gasteiger partial charge in [-0.1, -0.05) is 17.7 Å². The molecule has 0 aliphatic carbocycles. The number of rotatable bonds is 3. The third kappa shape index (κ3) is 3.44. The first-order valence-corrected chi connectivity index (χ1v) is 4.76. The summed E-state index contributed by atoms with van der Waals surface area (Å²) in [6.45, 7) is 1.51. The molecule has 17 heavy (non-hydrogen) atoms. The topological polar surface area (TPSA) is 37.3 Å². The minimum atomic E-state index is -4.78. The smallest absolute Gasteiger partial charge is 0.396 e. The summed E-state index contributed by atoms with van der Waals surface area (Å²) in [5, 5.41) is 8.45. The standard InChI is InChI=1S/C11H10F4O2/c1-6-2-3-9(12)7(4-6)8(5-10(16)17)11(13,14)15/h2-4,8H,5H2,1H3,(H,16,17). The monoisotopic (exact) mass is 250 g/mol. The number of carboxylic acids is 1. The fraction of sp³-hybridized carbons (Fsp3) is 0.364. The van der Waals surface area contributed by atoms with Crippen LogP contribution in [0.5, 0.6) is 0 Å². The summed E-state index contributed by atoms with van der Waals surface area (Å²) in [7, 11) is 0. The quantitative estimate of drug-likeness (QED) is 0.836. The number of halogens is 4. The lowest BCUT2D eigenvalue weighted by molar-refractivity contribution is -0.163. The SMILES string of the molecule is Cc1ccc(F)c(C(CC(=O)O)C(F)(F)F)c1. The van der Waals surface area contributed by atoms with Crippen molar-refractivity contribution >= 4 is 5.97 Å². The van der Waals surface area contributed by atoms with Crippen molar-refractivity contribution in [2.75, 3.05) is 0 Å². The molecule has 0 aliphatic rings. The fourth-order valence-electron chi connectivity index (χ4n) is 1.51. The van der Waals surface area contributed by atoms with Crippen molar-refractivity contribution < 1.29 is 27.5 Å². The minimum absolute atomic E-state index is 0.445. The van der Waals surface area contributed by atoms with Gasteiger partial charge in [0.2, 0.25) is 0 Å². The first kappa shape index (κ1) is 13.5. The van der Waals surface area contributed by atoms with Gasteiger partial charge in [-0.25, -0.2) is 4.39 Å². The molecule has 1 atom stereocenters. The van der Waals surface area contributed by atoms with Gasteiger partial charge in [-0.05, 0) is 13.0 Å². The highest BCUT2D eigenvalue weighted by Gasteiger charge is 2.43. The average molecular weight is 250 g/mol. The van der Waals surface area contributed by atoms with Crippen molar-refractivity contribution in [3.8, 4) is 0 Å². The number of carbonyl (C=O) groups is 1. The molecule has 0 amide bonds. The molecule has 94 valence electrons. The maximum Gasteiger partial charge on any atom is 0.396 e. The van der Waals surface area contributed by atoms with Gasteiger partial charge in [-0.15, -0.1) is 0 Å². The van der Waals surface area contributed by atoms with Gasteiger partial charge in [0.15, 0.2) is 0 Å². The molecule has 6 heteroatoms. The molecule has 1 aromatic carbocycles. The first-order chi connectivity index (χ1) is 7.71. The summed E-state index contributed by atoms with van der Waals surface area (Å²) in [5.41, 5.74) is -0.180. The van der Waals surface area contributed by atoms with E-state index in [-0.39, 0.29) is 0 Å². The van der Waals surface area contributed by atoms with Crippen LogP contribution in [0.2, 0.25) is 0 Å². The molecule has 0 spiro atoms. The molecular weight excluding hydrogens is 240 g/mol. The van der Waals surface area contributed by atoms with Crippen molar-refractivity contribution in [3.05, 3.63) is 35.1 Å². The van der Waals surface area contributed by atoms with E-state index in [4.69, 9.17) is 5.11 Å². The third-order valence-electron chi connectivity index (χ3n) is 2.30. The van der Waals surface area contributed by atoms with E-state index in [0.717, 1.165) is 12.1 Å². The Bertz CT molecular complexity index is 426. The molecule has 0 aromatic heterocycles. The first-order valence-electron chi connectivity index (χ1n) is 4.76. The average Bonchev–Trinajstić information content (AvgIpc) is 2.16. The summed E-state index contributed by atoms with van der Waals surface area (Å²) in [6, 6.07) is 3.26. The van der Waals surface area contributed by atoms with Crippen molar-refractivity contribution in [3.63, 3.8) is 0 Å². The van der Waals surface area contributed by atoms with Gasteiger partial charge >= 0.3 is 12.1 Å². The zero-order valence-corrected chi connectivity index (χ0v) is 8.88. The minimum Gasteiger partial charge on any atom is -0.481 e. The van der Waals surface area contributed by atoms with Gasteiger partial charge in [0, 0.05) is 5.56 Å². The summed E-state index contributed by atoms with van der Waals surface area (Å²) in [5.74, 6) is -4.98. The Kier molecular flexibility index (Phi) is 3.75. The number of carboxylic acid groups (broad SMARTS) is 1. The van der Waals surface area contributed by atoms with Gasteiger partial charge < -0.3 is 5.11 Å². The highest BCUT2D eigenvalue weighted by atomic mass is 19.4. The number of hydrogen-bond donors (Lipinski definition) is 1. The van der Waals surface area contributed by atoms with Gasteiger partial charge in [0.1, 0.15) is 5.82 Å². The Morgan fingerprint density at radius 1 is 1.41 bits per heavy atom. The molecule has 1 N–H and O–H groups in total. The lowest BCUT2D eigenvalue weighted by atomic mass is 9.93. The Hall–Kier alpha value is -1.59. The van der Waals surface area contributed by atoms with Crippen molar-refractivity contribution in [1.82, 2.24) is 0 Å². The van der Waals surface area contributed by atoms with E-state index < -0.39 is 35.9 Å². The van der Waals surface area contributed by atoms with Gasteiger partial charge in [0.25, 0.3) is 0 Å². The van der Waals surface area contributed by atoms with Gasteiger partial charge in [0.05, 0.1) is 12.3 Å². The van der Waals surface area contributed by atoms with E-state index in [2.05, 4.69) is 0 Å². The molecule has 0 saturated heterocycles. The van der Waals surface area contributed by atoms with Crippen molar-refractivity contribution in [1.29, 1.82) is 0 Å². The van der Waals surface area contributed by atoms with Crippen LogP contribution < -0.4 is 0 Å². The van der Waals surface area contributed by atoms with Gasteiger partial charge in [-0.3, -0.25) is 4.79 Å². The fourth-order valence-corrected chi connectivity index (χ4v) is 1.51. The normalized spacial score (nSPS) is 13.5. The van der Waals surface area contributed by atoms with Crippen LogP contribution in [0.25, 0.3) is 0 Å². The second kappa shape index (κ2) is 4.73. The Morgan fingerprint density at radius 3 is 2.47 bits per heavy atom. The number of aliphatic carboxylic acids is 1. The number of hydrogen-bond acceptors (Lipinski definition) is 1. The molecule has 0 heterocycles. The highest BCUT2D eigenvalue weighted by molar-refractivity contribution is 5.68. The van der Waals surface area contributed by atoms with E-state index in [9.17, 15) is 22.4 Å². The molecule has 0 saturated carbocycles. The van der Waals surface area contributed by atoms with Crippen molar-refractivity contribution in [2.45, 2.75) is 25.4 Å². The largest absolute Gasteiger partial charge is 0.481 e. The highest BCUT2D eigenvalue weighted by Crippen LogP contribution is 2.38. The Balaban J connectivity index is 3.21. The molecule has 0 bridgehead atoms. The van der Waals surface area contributed by atoms with E-state index >= 15 is 0 Å². The van der Waals surface area contributed by atoms with Crippen LogP contribution in [-0.2, 0) is 4.79 Å². The molecule has 1 unspecified atom stereocenters. The molecule has 1 aromatic rings. The number of benzene rings is 1. The van der Waals surface area contributed by atoms with Crippen LogP contribution in [0.1, 0.15) is 23.5 Å². The number of alkyl halides is 3. The molecular formula is C11H10F4O2. The Labute approximate surface area is 94.9 Å².